The lowest BCUT2D eigenvalue weighted by Gasteiger charge is -2.11. The summed E-state index contributed by atoms with van der Waals surface area (Å²) in [6.45, 7) is 1.40. The van der Waals surface area contributed by atoms with Gasteiger partial charge in [0.15, 0.2) is 6.61 Å². The Bertz CT molecular complexity index is 657. The van der Waals surface area contributed by atoms with Crippen LogP contribution in [0.15, 0.2) is 23.3 Å². The zero-order valence-electron chi connectivity index (χ0n) is 11.8. The van der Waals surface area contributed by atoms with Gasteiger partial charge in [0, 0.05) is 23.6 Å². The largest absolute Gasteiger partial charge is 0.451 e. The first kappa shape index (κ1) is 16.0. The summed E-state index contributed by atoms with van der Waals surface area (Å²) in [5.74, 6) is -1.48. The quantitative estimate of drug-likeness (QED) is 0.818. The Kier molecular flexibility index (Phi) is 5.11. The second-order valence-corrected chi connectivity index (χ2v) is 5.09. The molecular weight excluding hydrogens is 310 g/mol. The molecule has 0 atom stereocenters. The molecule has 0 aromatic heterocycles. The van der Waals surface area contributed by atoms with E-state index in [1.54, 1.807) is 18.2 Å². The molecule has 0 spiro atoms. The molecule has 1 aliphatic heterocycles. The number of aryl methyl sites for hydroxylation is 1. The average molecular weight is 324 g/mol. The van der Waals surface area contributed by atoms with Gasteiger partial charge < -0.3 is 10.1 Å². The van der Waals surface area contributed by atoms with Crippen molar-refractivity contribution in [2.45, 2.75) is 19.8 Å². The van der Waals surface area contributed by atoms with E-state index < -0.39 is 18.5 Å². The molecular formula is C14H14ClN3O4. The van der Waals surface area contributed by atoms with E-state index in [0.29, 0.717) is 10.7 Å². The van der Waals surface area contributed by atoms with Gasteiger partial charge in [-0.15, -0.1) is 0 Å². The lowest BCUT2D eigenvalue weighted by atomic mass is 10.2. The number of hydrogen-bond acceptors (Lipinski definition) is 5. The third kappa shape index (κ3) is 4.29. The highest BCUT2D eigenvalue weighted by atomic mass is 35.5. The molecule has 1 aromatic rings. The van der Waals surface area contributed by atoms with Crippen LogP contribution in [0.2, 0.25) is 5.02 Å². The summed E-state index contributed by atoms with van der Waals surface area (Å²) >= 11 is 5.95. The zero-order chi connectivity index (χ0) is 16.1. The molecule has 0 fully saturated rings. The second kappa shape index (κ2) is 7.04. The topological polar surface area (TPSA) is 96.9 Å². The summed E-state index contributed by atoms with van der Waals surface area (Å²) in [5, 5.41) is 6.68. The summed E-state index contributed by atoms with van der Waals surface area (Å²) in [5.41, 5.74) is 3.68. The van der Waals surface area contributed by atoms with Crippen molar-refractivity contribution in [3.8, 4) is 0 Å². The number of amides is 2. The minimum Gasteiger partial charge on any atom is -0.451 e. The maximum atomic E-state index is 11.7. The molecule has 0 saturated heterocycles. The van der Waals surface area contributed by atoms with Crippen LogP contribution >= 0.6 is 11.6 Å². The van der Waals surface area contributed by atoms with Gasteiger partial charge >= 0.3 is 5.97 Å². The van der Waals surface area contributed by atoms with Crippen LogP contribution in [0.3, 0.4) is 0 Å². The third-order valence-electron chi connectivity index (χ3n) is 2.93. The molecule has 2 amide bonds. The van der Waals surface area contributed by atoms with E-state index in [0.717, 1.165) is 5.56 Å². The number of carbonyl (C=O) groups excluding carboxylic acids is 3. The van der Waals surface area contributed by atoms with Gasteiger partial charge in [-0.05, 0) is 24.6 Å². The van der Waals surface area contributed by atoms with Crippen LogP contribution in [0.4, 0.5) is 5.69 Å². The van der Waals surface area contributed by atoms with Crippen LogP contribution in [0.5, 0.6) is 0 Å². The Morgan fingerprint density at radius 3 is 2.82 bits per heavy atom. The molecule has 0 unspecified atom stereocenters. The molecule has 7 nitrogen and oxygen atoms in total. The van der Waals surface area contributed by atoms with Crippen molar-refractivity contribution in [1.29, 1.82) is 0 Å². The summed E-state index contributed by atoms with van der Waals surface area (Å²) in [6, 6.07) is 5.07. The lowest BCUT2D eigenvalue weighted by Crippen LogP contribution is -2.32. The molecule has 1 aliphatic rings. The molecule has 22 heavy (non-hydrogen) atoms. The average Bonchev–Trinajstić information content (AvgIpc) is 2.49. The number of halogens is 1. The van der Waals surface area contributed by atoms with E-state index in [1.165, 1.54) is 0 Å². The maximum Gasteiger partial charge on any atom is 0.355 e. The standard InChI is InChI=1S/C14H14ClN3O4/c1-8-2-3-9(6-10(8)15)16-13(20)7-22-14(21)11-4-5-12(19)18-17-11/h2-3,6H,4-5,7H2,1H3,(H,16,20)(H,18,19). The van der Waals surface area contributed by atoms with Gasteiger partial charge in [0.1, 0.15) is 5.71 Å². The second-order valence-electron chi connectivity index (χ2n) is 4.68. The van der Waals surface area contributed by atoms with Crippen LogP contribution in [-0.2, 0) is 19.1 Å². The third-order valence-corrected chi connectivity index (χ3v) is 3.34. The van der Waals surface area contributed by atoms with Crippen LogP contribution in [0, 0.1) is 6.92 Å². The Morgan fingerprint density at radius 1 is 1.41 bits per heavy atom. The van der Waals surface area contributed by atoms with Gasteiger partial charge in [-0.3, -0.25) is 9.59 Å². The van der Waals surface area contributed by atoms with E-state index in [9.17, 15) is 14.4 Å². The maximum absolute atomic E-state index is 11.7. The number of benzene rings is 1. The number of nitrogens with zero attached hydrogens (tertiary/aromatic N) is 1. The molecule has 8 heteroatoms. The molecule has 1 heterocycles. The molecule has 2 rings (SSSR count). The van der Waals surface area contributed by atoms with Crippen LogP contribution in [-0.4, -0.2) is 30.1 Å². The Labute approximate surface area is 131 Å². The summed E-state index contributed by atoms with van der Waals surface area (Å²) in [7, 11) is 0. The fourth-order valence-electron chi connectivity index (χ4n) is 1.70. The fourth-order valence-corrected chi connectivity index (χ4v) is 1.88. The van der Waals surface area contributed by atoms with Crippen molar-refractivity contribution in [3.05, 3.63) is 28.8 Å². The first-order valence-corrected chi connectivity index (χ1v) is 6.92. The predicted octanol–water partition coefficient (Wildman–Crippen LogP) is 1.40. The number of carbonyl (C=O) groups is 3. The van der Waals surface area contributed by atoms with Crippen LogP contribution < -0.4 is 10.7 Å². The van der Waals surface area contributed by atoms with Gasteiger partial charge in [0.05, 0.1) is 0 Å². The van der Waals surface area contributed by atoms with Gasteiger partial charge in [-0.2, -0.15) is 5.10 Å². The predicted molar refractivity (Wildman–Crippen MR) is 80.6 cm³/mol. The van der Waals surface area contributed by atoms with Crippen molar-refractivity contribution in [1.82, 2.24) is 5.43 Å². The first-order valence-electron chi connectivity index (χ1n) is 6.54. The minimum absolute atomic E-state index is 0.0887. The molecule has 0 bridgehead atoms. The summed E-state index contributed by atoms with van der Waals surface area (Å²) in [4.78, 5) is 34.3. The zero-order valence-corrected chi connectivity index (χ0v) is 12.6. The van der Waals surface area contributed by atoms with E-state index in [4.69, 9.17) is 16.3 Å². The van der Waals surface area contributed by atoms with Crippen molar-refractivity contribution >= 4 is 40.8 Å². The van der Waals surface area contributed by atoms with Crippen LogP contribution in [0.1, 0.15) is 18.4 Å². The van der Waals surface area contributed by atoms with E-state index >= 15 is 0 Å². The van der Waals surface area contributed by atoms with Crippen molar-refractivity contribution in [3.63, 3.8) is 0 Å². The SMILES string of the molecule is Cc1ccc(NC(=O)COC(=O)C2=NNC(=O)CC2)cc1Cl. The molecule has 2 N–H and O–H groups in total. The highest BCUT2D eigenvalue weighted by Crippen LogP contribution is 2.19. The minimum atomic E-state index is -0.725. The Morgan fingerprint density at radius 2 is 2.18 bits per heavy atom. The summed E-state index contributed by atoms with van der Waals surface area (Å²) in [6.07, 6.45) is 0.363. The van der Waals surface area contributed by atoms with Gasteiger partial charge in [0.25, 0.3) is 5.91 Å². The number of esters is 1. The van der Waals surface area contributed by atoms with E-state index in [2.05, 4.69) is 15.8 Å². The fraction of sp³-hybridized carbons (Fsp3) is 0.286. The number of hydrazone groups is 1. The van der Waals surface area contributed by atoms with Crippen molar-refractivity contribution < 1.29 is 19.1 Å². The van der Waals surface area contributed by atoms with E-state index in [-0.39, 0.29) is 24.5 Å². The molecule has 0 aliphatic carbocycles. The number of rotatable bonds is 4. The Hall–Kier alpha value is -2.41. The Balaban J connectivity index is 1.83. The molecule has 0 saturated carbocycles. The molecule has 116 valence electrons. The van der Waals surface area contributed by atoms with Gasteiger partial charge in [0.2, 0.25) is 5.91 Å². The highest BCUT2D eigenvalue weighted by molar-refractivity contribution is 6.37. The van der Waals surface area contributed by atoms with E-state index in [1.807, 2.05) is 6.92 Å². The number of anilines is 1. The number of ether oxygens (including phenoxy) is 1. The van der Waals surface area contributed by atoms with Gasteiger partial charge in [-0.1, -0.05) is 17.7 Å². The molecule has 0 radical (unpaired) electrons. The number of hydrogen-bond donors (Lipinski definition) is 2. The first-order chi connectivity index (χ1) is 10.5. The van der Waals surface area contributed by atoms with Crippen molar-refractivity contribution in [2.75, 3.05) is 11.9 Å². The van der Waals surface area contributed by atoms with Gasteiger partial charge in [-0.25, -0.2) is 10.2 Å². The number of nitrogens with one attached hydrogen (secondary N) is 2. The lowest BCUT2D eigenvalue weighted by molar-refractivity contribution is -0.140. The van der Waals surface area contributed by atoms with Crippen LogP contribution in [0.25, 0.3) is 0 Å². The smallest absolute Gasteiger partial charge is 0.355 e. The highest BCUT2D eigenvalue weighted by Gasteiger charge is 2.20. The van der Waals surface area contributed by atoms with Crippen molar-refractivity contribution in [2.24, 2.45) is 5.10 Å². The molecule has 1 aromatic carbocycles. The monoisotopic (exact) mass is 323 g/mol. The summed E-state index contributed by atoms with van der Waals surface area (Å²) < 4.78 is 4.84. The normalized spacial score (nSPS) is 13.9.